The minimum absolute atomic E-state index is 0.0356. The highest BCUT2D eigenvalue weighted by Gasteiger charge is 2.18. The molecule has 0 spiro atoms. The van der Waals surface area contributed by atoms with Gasteiger partial charge in [0.2, 0.25) is 0 Å². The van der Waals surface area contributed by atoms with Crippen LogP contribution in [0.1, 0.15) is 59.2 Å². The molecular weight excluding hydrogens is 322 g/mol. The molecule has 26 heavy (non-hydrogen) atoms. The van der Waals surface area contributed by atoms with Crippen LogP contribution in [0.4, 0.5) is 0 Å². The molecule has 0 aromatic heterocycles. The zero-order valence-electron chi connectivity index (χ0n) is 15.0. The van der Waals surface area contributed by atoms with Crippen LogP contribution in [-0.4, -0.2) is 17.6 Å². The molecule has 134 valence electrons. The van der Waals surface area contributed by atoms with Gasteiger partial charge in [0.1, 0.15) is 0 Å². The van der Waals surface area contributed by atoms with E-state index in [0.29, 0.717) is 22.7 Å². The molecule has 0 amide bonds. The summed E-state index contributed by atoms with van der Waals surface area (Å²) in [5, 5.41) is 3.39. The molecule has 2 aromatic carbocycles. The van der Waals surface area contributed by atoms with Crippen LogP contribution in [0.3, 0.4) is 0 Å². The Morgan fingerprint density at radius 2 is 1.42 bits per heavy atom. The predicted molar refractivity (Wildman–Crippen MR) is 104 cm³/mol. The number of carbonyl (C=O) groups excluding carboxylic acids is 2. The van der Waals surface area contributed by atoms with E-state index < -0.39 is 0 Å². The summed E-state index contributed by atoms with van der Waals surface area (Å²) in [6.07, 6.45) is 7.85. The SMILES string of the molecule is O=C(C/C(=C/NC1CCCCC1)C(=O)c1ccccc1)c1ccccc1. The Balaban J connectivity index is 1.78. The minimum Gasteiger partial charge on any atom is -0.388 e. The number of allylic oxidation sites excluding steroid dienone is 1. The summed E-state index contributed by atoms with van der Waals surface area (Å²) in [7, 11) is 0. The maximum Gasteiger partial charge on any atom is 0.190 e. The number of carbonyl (C=O) groups is 2. The van der Waals surface area contributed by atoms with Gasteiger partial charge in [-0.15, -0.1) is 0 Å². The Morgan fingerprint density at radius 1 is 0.846 bits per heavy atom. The zero-order chi connectivity index (χ0) is 18.2. The van der Waals surface area contributed by atoms with Crippen molar-refractivity contribution in [2.75, 3.05) is 0 Å². The second-order valence-corrected chi connectivity index (χ2v) is 6.83. The number of ketones is 2. The van der Waals surface area contributed by atoms with Crippen molar-refractivity contribution < 1.29 is 9.59 Å². The molecular formula is C23H25NO2. The van der Waals surface area contributed by atoms with Crippen molar-refractivity contribution in [3.8, 4) is 0 Å². The average molecular weight is 347 g/mol. The van der Waals surface area contributed by atoms with E-state index in [4.69, 9.17) is 0 Å². The number of nitrogens with one attached hydrogen (secondary N) is 1. The molecule has 3 nitrogen and oxygen atoms in total. The van der Waals surface area contributed by atoms with Crippen molar-refractivity contribution in [1.82, 2.24) is 5.32 Å². The lowest BCUT2D eigenvalue weighted by Gasteiger charge is -2.22. The van der Waals surface area contributed by atoms with Crippen molar-refractivity contribution in [3.63, 3.8) is 0 Å². The van der Waals surface area contributed by atoms with Gasteiger partial charge in [-0.25, -0.2) is 0 Å². The Morgan fingerprint density at radius 3 is 2.04 bits per heavy atom. The lowest BCUT2D eigenvalue weighted by atomic mass is 9.94. The largest absolute Gasteiger partial charge is 0.388 e. The van der Waals surface area contributed by atoms with Crippen molar-refractivity contribution in [3.05, 3.63) is 83.6 Å². The van der Waals surface area contributed by atoms with Gasteiger partial charge in [-0.1, -0.05) is 79.9 Å². The third-order valence-corrected chi connectivity index (χ3v) is 4.87. The Bertz CT molecular complexity index is 759. The highest BCUT2D eigenvalue weighted by atomic mass is 16.1. The number of Topliss-reactive ketones (excluding diaryl/α,β-unsaturated/α-hetero) is 2. The average Bonchev–Trinajstić information content (AvgIpc) is 2.72. The van der Waals surface area contributed by atoms with Gasteiger partial charge in [-0.05, 0) is 12.8 Å². The smallest absolute Gasteiger partial charge is 0.190 e. The zero-order valence-corrected chi connectivity index (χ0v) is 15.0. The van der Waals surface area contributed by atoms with Crippen molar-refractivity contribution in [1.29, 1.82) is 0 Å². The standard InChI is InChI=1S/C23H25NO2/c25-22(18-10-4-1-5-11-18)16-20(17-24-21-14-8-3-9-15-21)23(26)19-12-6-2-7-13-19/h1-2,4-7,10-13,17,21,24H,3,8-9,14-16H2/b20-17-. The van der Waals surface area contributed by atoms with Crippen molar-refractivity contribution in [2.45, 2.75) is 44.6 Å². The van der Waals surface area contributed by atoms with Gasteiger partial charge in [0, 0.05) is 35.4 Å². The summed E-state index contributed by atoms with van der Waals surface area (Å²) in [4.78, 5) is 25.5. The van der Waals surface area contributed by atoms with Crippen molar-refractivity contribution >= 4 is 11.6 Å². The first kappa shape index (κ1) is 18.1. The fourth-order valence-corrected chi connectivity index (χ4v) is 3.36. The predicted octanol–water partition coefficient (Wildman–Crippen LogP) is 4.95. The molecule has 1 saturated carbocycles. The minimum atomic E-state index is -0.0850. The molecule has 0 radical (unpaired) electrons. The van der Waals surface area contributed by atoms with Crippen LogP contribution in [0, 0.1) is 0 Å². The first-order valence-corrected chi connectivity index (χ1v) is 9.37. The molecule has 0 saturated heterocycles. The first-order chi connectivity index (χ1) is 12.7. The van der Waals surface area contributed by atoms with Gasteiger partial charge in [0.05, 0.1) is 0 Å². The topological polar surface area (TPSA) is 46.2 Å². The van der Waals surface area contributed by atoms with Gasteiger partial charge in [0.15, 0.2) is 11.6 Å². The van der Waals surface area contributed by atoms with Crippen molar-refractivity contribution in [2.24, 2.45) is 0 Å². The Labute approximate surface area is 155 Å². The molecule has 0 unspecified atom stereocenters. The van der Waals surface area contributed by atoms with Crippen LogP contribution < -0.4 is 5.32 Å². The molecule has 3 heteroatoms. The monoisotopic (exact) mass is 347 g/mol. The summed E-state index contributed by atoms with van der Waals surface area (Å²) in [5.74, 6) is -0.121. The van der Waals surface area contributed by atoms with Gasteiger partial charge >= 0.3 is 0 Å². The molecule has 1 aliphatic carbocycles. The molecule has 0 bridgehead atoms. The van der Waals surface area contributed by atoms with E-state index in [1.54, 1.807) is 30.5 Å². The van der Waals surface area contributed by atoms with E-state index in [-0.39, 0.29) is 18.0 Å². The Kier molecular flexibility index (Phi) is 6.37. The van der Waals surface area contributed by atoms with Crippen LogP contribution >= 0.6 is 0 Å². The van der Waals surface area contributed by atoms with Crippen LogP contribution in [0.15, 0.2) is 72.4 Å². The molecule has 0 atom stereocenters. The second kappa shape index (κ2) is 9.14. The van der Waals surface area contributed by atoms with E-state index in [2.05, 4.69) is 5.32 Å². The first-order valence-electron chi connectivity index (χ1n) is 9.37. The summed E-state index contributed by atoms with van der Waals surface area (Å²) < 4.78 is 0. The number of rotatable bonds is 7. The lowest BCUT2D eigenvalue weighted by Crippen LogP contribution is -2.27. The molecule has 0 heterocycles. The number of benzene rings is 2. The van der Waals surface area contributed by atoms with Crippen LogP contribution in [0.25, 0.3) is 0 Å². The van der Waals surface area contributed by atoms with Gasteiger partial charge in [0.25, 0.3) is 0 Å². The van der Waals surface area contributed by atoms with E-state index in [9.17, 15) is 9.59 Å². The summed E-state index contributed by atoms with van der Waals surface area (Å²) >= 11 is 0. The summed E-state index contributed by atoms with van der Waals surface area (Å²) in [6.45, 7) is 0. The fraction of sp³-hybridized carbons (Fsp3) is 0.304. The third kappa shape index (κ3) is 4.92. The van der Waals surface area contributed by atoms with E-state index in [0.717, 1.165) is 12.8 Å². The highest BCUT2D eigenvalue weighted by molar-refractivity contribution is 6.13. The van der Waals surface area contributed by atoms with Gasteiger partial charge in [-0.3, -0.25) is 9.59 Å². The molecule has 3 rings (SSSR count). The van der Waals surface area contributed by atoms with E-state index in [1.165, 1.54) is 19.3 Å². The van der Waals surface area contributed by atoms with Crippen LogP contribution in [-0.2, 0) is 0 Å². The number of hydrogen-bond donors (Lipinski definition) is 1. The maximum absolute atomic E-state index is 12.9. The molecule has 1 N–H and O–H groups in total. The third-order valence-electron chi connectivity index (χ3n) is 4.87. The molecule has 1 aliphatic rings. The Hall–Kier alpha value is -2.68. The van der Waals surface area contributed by atoms with Crippen LogP contribution in [0.2, 0.25) is 0 Å². The second-order valence-electron chi connectivity index (χ2n) is 6.83. The molecule has 2 aromatic rings. The van der Waals surface area contributed by atoms with E-state index >= 15 is 0 Å². The van der Waals surface area contributed by atoms with Crippen LogP contribution in [0.5, 0.6) is 0 Å². The molecule has 0 aliphatic heterocycles. The number of hydrogen-bond acceptors (Lipinski definition) is 3. The van der Waals surface area contributed by atoms with Gasteiger partial charge in [-0.2, -0.15) is 0 Å². The fourth-order valence-electron chi connectivity index (χ4n) is 3.36. The quantitative estimate of drug-likeness (QED) is 0.569. The van der Waals surface area contributed by atoms with Gasteiger partial charge < -0.3 is 5.32 Å². The normalized spacial score (nSPS) is 15.5. The van der Waals surface area contributed by atoms with E-state index in [1.807, 2.05) is 36.4 Å². The summed E-state index contributed by atoms with van der Waals surface area (Å²) in [5.41, 5.74) is 1.78. The summed E-state index contributed by atoms with van der Waals surface area (Å²) in [6, 6.07) is 18.7. The molecule has 1 fully saturated rings. The lowest BCUT2D eigenvalue weighted by molar-refractivity contribution is 0.0959. The maximum atomic E-state index is 12.9. The highest BCUT2D eigenvalue weighted by Crippen LogP contribution is 2.19.